The number of aromatic hydroxyl groups is 1. The molecule has 0 atom stereocenters. The van der Waals surface area contributed by atoms with Crippen LogP contribution in [0.5, 0.6) is 5.75 Å². The number of benzene rings is 5. The number of unbranched alkanes of at least 4 members (excludes halogenated alkanes) is 1. The highest BCUT2D eigenvalue weighted by Gasteiger charge is 2.39. The maximum atomic E-state index is 15.7. The summed E-state index contributed by atoms with van der Waals surface area (Å²) in [4.78, 5) is 29.6. The Kier molecular flexibility index (Phi) is 8.44. The normalized spacial score (nSPS) is 13.5. The Labute approximate surface area is 312 Å². The standard InChI is InChI=1S/C28H27FN2O.C18H15NO3/c1-4-5-6-16-7-9-17(10-8-16)19-13-14-21-23-25(31-26(21)24(19)29)20-12-11-18(27(30)32)15-22(20)28(23,2)3;1-9-2-5-15-13(6-9)11-4-3-10-7-14(18(21)22)16(20)8-12(10)17(11)19-15/h7-15,31H,4-6H2,1-3H3,(H2,30,32);2,5-8,19-20H,3-4H2,1H3,(H,21,22). The number of aromatic carboxylic acids is 1. The van der Waals surface area contributed by atoms with Crippen LogP contribution in [-0.2, 0) is 24.7 Å². The van der Waals surface area contributed by atoms with E-state index in [1.165, 1.54) is 22.1 Å². The Bertz CT molecular complexity index is 2660. The molecule has 1 amide bonds. The van der Waals surface area contributed by atoms with Crippen LogP contribution in [-0.4, -0.2) is 32.1 Å². The number of aromatic amines is 2. The number of nitrogens with two attached hydrogens (primary N) is 1. The average Bonchev–Trinajstić information content (AvgIpc) is 3.80. The van der Waals surface area contributed by atoms with E-state index in [0.717, 1.165) is 87.8 Å². The number of aromatic nitrogens is 2. The van der Waals surface area contributed by atoms with Gasteiger partial charge in [-0.25, -0.2) is 9.18 Å². The largest absolute Gasteiger partial charge is 0.507 e. The fourth-order valence-electron chi connectivity index (χ4n) is 8.46. The van der Waals surface area contributed by atoms with Gasteiger partial charge in [0.05, 0.1) is 16.9 Å². The van der Waals surface area contributed by atoms with E-state index in [0.29, 0.717) is 16.6 Å². The van der Waals surface area contributed by atoms with Gasteiger partial charge in [0.15, 0.2) is 5.82 Å². The Morgan fingerprint density at radius 3 is 2.33 bits per heavy atom. The number of fused-ring (bicyclic) bond motifs is 10. The molecule has 0 saturated heterocycles. The molecule has 5 aromatic carbocycles. The number of hydrogen-bond donors (Lipinski definition) is 5. The van der Waals surface area contributed by atoms with Crippen LogP contribution in [0.2, 0.25) is 0 Å². The molecule has 2 heterocycles. The van der Waals surface area contributed by atoms with E-state index in [1.54, 1.807) is 18.2 Å². The third kappa shape index (κ3) is 5.64. The van der Waals surface area contributed by atoms with E-state index in [-0.39, 0.29) is 22.5 Å². The van der Waals surface area contributed by atoms with Crippen molar-refractivity contribution in [1.82, 2.24) is 9.97 Å². The van der Waals surface area contributed by atoms with Crippen molar-refractivity contribution >= 4 is 33.7 Å². The van der Waals surface area contributed by atoms with Gasteiger partial charge in [0.1, 0.15) is 11.3 Å². The lowest BCUT2D eigenvalue weighted by Crippen LogP contribution is -2.17. The Hall–Kier alpha value is -6.15. The fraction of sp³-hybridized carbons (Fsp3) is 0.217. The molecule has 0 saturated carbocycles. The molecule has 6 N–H and O–H groups in total. The smallest absolute Gasteiger partial charge is 0.339 e. The maximum absolute atomic E-state index is 15.7. The Morgan fingerprint density at radius 2 is 1.61 bits per heavy atom. The zero-order valence-corrected chi connectivity index (χ0v) is 30.8. The second kappa shape index (κ2) is 13.1. The number of carboxylic acid groups (broad SMARTS) is 1. The highest BCUT2D eigenvalue weighted by Crippen LogP contribution is 2.52. The quantitative estimate of drug-likeness (QED) is 0.117. The van der Waals surface area contributed by atoms with Crippen molar-refractivity contribution < 1.29 is 24.2 Å². The molecule has 54 heavy (non-hydrogen) atoms. The Balaban J connectivity index is 0.000000164. The highest BCUT2D eigenvalue weighted by molar-refractivity contribution is 6.01. The molecule has 0 aliphatic heterocycles. The van der Waals surface area contributed by atoms with Crippen molar-refractivity contribution in [2.45, 2.75) is 65.2 Å². The summed E-state index contributed by atoms with van der Waals surface area (Å²) < 4.78 is 15.7. The number of aryl methyl sites for hydroxylation is 4. The minimum atomic E-state index is -1.10. The summed E-state index contributed by atoms with van der Waals surface area (Å²) in [7, 11) is 0. The summed E-state index contributed by atoms with van der Waals surface area (Å²) >= 11 is 0. The number of nitrogens with one attached hydrogen (secondary N) is 2. The van der Waals surface area contributed by atoms with Crippen molar-refractivity contribution in [3.8, 4) is 39.4 Å². The first-order valence-electron chi connectivity index (χ1n) is 18.5. The summed E-state index contributed by atoms with van der Waals surface area (Å²) in [5.74, 6) is -1.96. The molecular weight excluding hydrogens is 678 g/mol. The molecule has 2 aliphatic rings. The van der Waals surface area contributed by atoms with E-state index >= 15 is 4.39 Å². The molecule has 2 aliphatic carbocycles. The molecule has 0 fully saturated rings. The van der Waals surface area contributed by atoms with Gasteiger partial charge in [-0.2, -0.15) is 0 Å². The molecular formula is C46H42FN3O4. The zero-order valence-electron chi connectivity index (χ0n) is 30.8. The third-order valence-electron chi connectivity index (χ3n) is 11.3. The number of carboxylic acids is 1. The minimum Gasteiger partial charge on any atom is -0.507 e. The average molecular weight is 720 g/mol. The first-order chi connectivity index (χ1) is 25.9. The lowest BCUT2D eigenvalue weighted by atomic mass is 9.81. The van der Waals surface area contributed by atoms with Crippen LogP contribution < -0.4 is 5.73 Å². The number of H-pyrrole nitrogens is 2. The molecule has 7 aromatic rings. The van der Waals surface area contributed by atoms with Crippen molar-refractivity contribution in [3.05, 3.63) is 135 Å². The number of carbonyl (C=O) groups excluding carboxylic acids is 1. The van der Waals surface area contributed by atoms with E-state index in [1.807, 2.05) is 36.4 Å². The summed E-state index contributed by atoms with van der Waals surface area (Å²) in [6.45, 7) is 8.47. The highest BCUT2D eigenvalue weighted by atomic mass is 19.1. The van der Waals surface area contributed by atoms with Crippen molar-refractivity contribution in [3.63, 3.8) is 0 Å². The zero-order chi connectivity index (χ0) is 38.1. The molecule has 7 nitrogen and oxygen atoms in total. The molecule has 2 aromatic heterocycles. The van der Waals surface area contributed by atoms with E-state index in [4.69, 9.17) is 10.8 Å². The lowest BCUT2D eigenvalue weighted by molar-refractivity contribution is 0.0693. The van der Waals surface area contributed by atoms with Crippen LogP contribution >= 0.6 is 0 Å². The van der Waals surface area contributed by atoms with E-state index < -0.39 is 11.9 Å². The van der Waals surface area contributed by atoms with Crippen molar-refractivity contribution in [2.24, 2.45) is 5.73 Å². The number of carbonyl (C=O) groups is 2. The predicted octanol–water partition coefficient (Wildman–Crippen LogP) is 10.4. The summed E-state index contributed by atoms with van der Waals surface area (Å²) in [6, 6.07) is 27.1. The van der Waals surface area contributed by atoms with Crippen molar-refractivity contribution in [1.29, 1.82) is 0 Å². The van der Waals surface area contributed by atoms with Gasteiger partial charge in [-0.15, -0.1) is 0 Å². The van der Waals surface area contributed by atoms with Crippen LogP contribution in [0.25, 0.3) is 55.4 Å². The molecule has 0 radical (unpaired) electrons. The molecule has 0 spiro atoms. The van der Waals surface area contributed by atoms with E-state index in [9.17, 15) is 14.7 Å². The van der Waals surface area contributed by atoms with Gasteiger partial charge in [0.25, 0.3) is 0 Å². The second-order valence-corrected chi connectivity index (χ2v) is 15.1. The molecule has 272 valence electrons. The van der Waals surface area contributed by atoms with E-state index in [2.05, 4.69) is 68.0 Å². The number of halogens is 1. The van der Waals surface area contributed by atoms with Crippen molar-refractivity contribution in [2.75, 3.05) is 0 Å². The summed E-state index contributed by atoms with van der Waals surface area (Å²) in [5, 5.41) is 21.2. The topological polar surface area (TPSA) is 132 Å². The number of hydrogen-bond acceptors (Lipinski definition) is 3. The van der Waals surface area contributed by atoms with Gasteiger partial charge in [0.2, 0.25) is 5.91 Å². The van der Waals surface area contributed by atoms with Gasteiger partial charge in [-0.3, -0.25) is 4.79 Å². The van der Waals surface area contributed by atoms with Gasteiger partial charge in [0, 0.05) is 44.0 Å². The minimum absolute atomic E-state index is 0.0332. The number of amides is 1. The summed E-state index contributed by atoms with van der Waals surface area (Å²) in [6.07, 6.45) is 5.02. The SMILES string of the molecule is CCCCc1ccc(-c2ccc3c4c([nH]c3c2F)-c2ccc(C(N)=O)cc2C4(C)C)cc1.Cc1ccc2[nH]c3c(c2c1)CCc1cc(C(=O)O)c(O)cc1-3. The van der Waals surface area contributed by atoms with Crippen LogP contribution in [0.4, 0.5) is 4.39 Å². The van der Waals surface area contributed by atoms with Gasteiger partial charge in [-0.1, -0.05) is 81.3 Å². The van der Waals surface area contributed by atoms with Crippen LogP contribution in [0.15, 0.2) is 84.9 Å². The third-order valence-corrected chi connectivity index (χ3v) is 11.3. The number of rotatable bonds is 6. The van der Waals surface area contributed by atoms with Crippen LogP contribution in [0, 0.1) is 12.7 Å². The van der Waals surface area contributed by atoms with Gasteiger partial charge < -0.3 is 25.9 Å². The maximum Gasteiger partial charge on any atom is 0.339 e. The van der Waals surface area contributed by atoms with Crippen LogP contribution in [0.3, 0.4) is 0 Å². The molecule has 0 bridgehead atoms. The first-order valence-corrected chi connectivity index (χ1v) is 18.5. The fourth-order valence-corrected chi connectivity index (χ4v) is 8.46. The lowest BCUT2D eigenvalue weighted by Gasteiger charge is -2.22. The molecule has 8 heteroatoms. The first kappa shape index (κ1) is 34.9. The molecule has 9 rings (SSSR count). The molecule has 0 unspecified atom stereocenters. The Morgan fingerprint density at radius 1 is 0.852 bits per heavy atom. The van der Waals surface area contributed by atoms with Gasteiger partial charge >= 0.3 is 5.97 Å². The number of primary amides is 1. The predicted molar refractivity (Wildman–Crippen MR) is 213 cm³/mol. The van der Waals surface area contributed by atoms with Gasteiger partial charge in [-0.05, 0) is 102 Å². The van der Waals surface area contributed by atoms with Crippen LogP contribution in [0.1, 0.15) is 87.7 Å². The monoisotopic (exact) mass is 719 g/mol. The second-order valence-electron chi connectivity index (χ2n) is 15.1. The summed E-state index contributed by atoms with van der Waals surface area (Å²) in [5.41, 5.74) is 19.3. The number of phenols is 1.